The molecule has 29 heavy (non-hydrogen) atoms. The first-order valence-corrected chi connectivity index (χ1v) is 11.3. The molecular formula is C21H22ClN3O3S. The van der Waals surface area contributed by atoms with E-state index in [4.69, 9.17) is 11.6 Å². The van der Waals surface area contributed by atoms with Crippen molar-refractivity contribution in [2.24, 2.45) is 0 Å². The molecule has 4 rings (SSSR count). The molecule has 1 aromatic heterocycles. The van der Waals surface area contributed by atoms with Crippen LogP contribution < -0.4 is 10.6 Å². The first kappa shape index (κ1) is 19.9. The molecule has 0 radical (unpaired) electrons. The van der Waals surface area contributed by atoms with Gasteiger partial charge in [0.2, 0.25) is 9.84 Å². The summed E-state index contributed by atoms with van der Waals surface area (Å²) in [7, 11) is -3.96. The predicted molar refractivity (Wildman–Crippen MR) is 113 cm³/mol. The van der Waals surface area contributed by atoms with Gasteiger partial charge in [-0.1, -0.05) is 17.7 Å². The molecule has 8 heteroatoms. The second-order valence-corrected chi connectivity index (χ2v) is 9.83. The molecule has 1 unspecified atom stereocenters. The first-order chi connectivity index (χ1) is 13.8. The minimum absolute atomic E-state index is 0.0331. The van der Waals surface area contributed by atoms with Crippen LogP contribution in [0.15, 0.2) is 46.2 Å². The average molecular weight is 432 g/mol. The standard InChI is InChI=1S/C21H22ClN3O3S/c1-12-7-13(2)9-16(8-12)29(27,28)20-17-10-14(22)3-4-18(17)25-19(20)21(26)24-15-5-6-23-11-15/h3-4,7-10,15,23,25H,5-6,11H2,1-2H3,(H,24,26). The molecule has 1 aliphatic heterocycles. The molecule has 1 atom stereocenters. The van der Waals surface area contributed by atoms with Crippen LogP contribution in [0.3, 0.4) is 0 Å². The van der Waals surface area contributed by atoms with Crippen LogP contribution in [0.25, 0.3) is 10.9 Å². The quantitative estimate of drug-likeness (QED) is 0.590. The van der Waals surface area contributed by atoms with Crippen molar-refractivity contribution in [3.05, 3.63) is 58.2 Å². The Bertz CT molecular complexity index is 1190. The number of hydrogen-bond donors (Lipinski definition) is 3. The van der Waals surface area contributed by atoms with Gasteiger partial charge < -0.3 is 15.6 Å². The number of sulfone groups is 1. The van der Waals surface area contributed by atoms with Crippen molar-refractivity contribution in [2.45, 2.75) is 36.1 Å². The van der Waals surface area contributed by atoms with Gasteiger partial charge in [0.1, 0.15) is 10.6 Å². The summed E-state index contributed by atoms with van der Waals surface area (Å²) < 4.78 is 27.3. The van der Waals surface area contributed by atoms with Crippen LogP contribution in [-0.4, -0.2) is 38.4 Å². The first-order valence-electron chi connectivity index (χ1n) is 9.42. The van der Waals surface area contributed by atoms with E-state index in [1.807, 2.05) is 19.9 Å². The molecule has 1 amide bonds. The van der Waals surface area contributed by atoms with Gasteiger partial charge in [0.25, 0.3) is 5.91 Å². The number of benzene rings is 2. The maximum Gasteiger partial charge on any atom is 0.269 e. The Morgan fingerprint density at radius 1 is 1.14 bits per heavy atom. The van der Waals surface area contributed by atoms with Crippen molar-refractivity contribution >= 4 is 38.2 Å². The molecule has 2 aromatic carbocycles. The molecule has 1 aliphatic rings. The lowest BCUT2D eigenvalue weighted by Gasteiger charge is -2.13. The number of amides is 1. The van der Waals surface area contributed by atoms with Crippen molar-refractivity contribution in [3.8, 4) is 0 Å². The van der Waals surface area contributed by atoms with Gasteiger partial charge >= 0.3 is 0 Å². The van der Waals surface area contributed by atoms with Gasteiger partial charge in [-0.2, -0.15) is 0 Å². The summed E-state index contributed by atoms with van der Waals surface area (Å²) in [5.41, 5.74) is 2.26. The number of aromatic nitrogens is 1. The maximum absolute atomic E-state index is 13.6. The zero-order valence-electron chi connectivity index (χ0n) is 16.2. The second-order valence-electron chi connectivity index (χ2n) is 7.51. The fourth-order valence-electron chi connectivity index (χ4n) is 3.82. The van der Waals surface area contributed by atoms with Gasteiger partial charge in [-0.15, -0.1) is 0 Å². The highest BCUT2D eigenvalue weighted by Crippen LogP contribution is 2.34. The number of halogens is 1. The Hall–Kier alpha value is -2.35. The van der Waals surface area contributed by atoms with Gasteiger partial charge in [-0.25, -0.2) is 8.42 Å². The SMILES string of the molecule is Cc1cc(C)cc(S(=O)(=O)c2c(C(=O)NC3CCNC3)[nH]c3ccc(Cl)cc23)c1. The number of H-pyrrole nitrogens is 1. The van der Waals surface area contributed by atoms with E-state index in [9.17, 15) is 13.2 Å². The molecule has 0 aliphatic carbocycles. The normalized spacial score (nSPS) is 17.0. The Balaban J connectivity index is 1.91. The second kappa shape index (κ2) is 7.48. The van der Waals surface area contributed by atoms with Crippen LogP contribution in [0.5, 0.6) is 0 Å². The largest absolute Gasteiger partial charge is 0.349 e. The van der Waals surface area contributed by atoms with Crippen molar-refractivity contribution in [3.63, 3.8) is 0 Å². The molecule has 0 spiro atoms. The van der Waals surface area contributed by atoms with Crippen LogP contribution in [-0.2, 0) is 9.84 Å². The highest BCUT2D eigenvalue weighted by molar-refractivity contribution is 7.91. The van der Waals surface area contributed by atoms with Crippen LogP contribution in [0.1, 0.15) is 28.0 Å². The van der Waals surface area contributed by atoms with Crippen LogP contribution in [0.2, 0.25) is 5.02 Å². The van der Waals surface area contributed by atoms with Crippen LogP contribution in [0.4, 0.5) is 0 Å². The summed E-state index contributed by atoms with van der Waals surface area (Å²) in [6, 6.07) is 10.0. The summed E-state index contributed by atoms with van der Waals surface area (Å²) in [6.07, 6.45) is 0.803. The Labute approximate surface area is 174 Å². The molecule has 3 aromatic rings. The monoisotopic (exact) mass is 431 g/mol. The molecule has 6 nitrogen and oxygen atoms in total. The molecule has 2 heterocycles. The van der Waals surface area contributed by atoms with Gasteiger partial charge in [0, 0.05) is 28.5 Å². The van der Waals surface area contributed by atoms with E-state index in [0.29, 0.717) is 22.5 Å². The van der Waals surface area contributed by atoms with Gasteiger partial charge in [-0.05, 0) is 68.3 Å². The summed E-state index contributed by atoms with van der Waals surface area (Å²) in [5, 5.41) is 6.92. The van der Waals surface area contributed by atoms with Crippen molar-refractivity contribution in [1.82, 2.24) is 15.6 Å². The summed E-state index contributed by atoms with van der Waals surface area (Å²) in [4.78, 5) is 16.1. The molecule has 1 saturated heterocycles. The number of carbonyl (C=O) groups excluding carboxylic acids is 1. The topological polar surface area (TPSA) is 91.1 Å². The number of fused-ring (bicyclic) bond motifs is 1. The molecule has 0 bridgehead atoms. The number of nitrogens with one attached hydrogen (secondary N) is 3. The van der Waals surface area contributed by atoms with E-state index in [0.717, 1.165) is 24.1 Å². The molecular weight excluding hydrogens is 410 g/mol. The maximum atomic E-state index is 13.6. The van der Waals surface area contributed by atoms with Crippen molar-refractivity contribution in [1.29, 1.82) is 0 Å². The lowest BCUT2D eigenvalue weighted by atomic mass is 10.2. The minimum Gasteiger partial charge on any atom is -0.349 e. The lowest BCUT2D eigenvalue weighted by Crippen LogP contribution is -2.37. The Morgan fingerprint density at radius 2 is 1.86 bits per heavy atom. The van der Waals surface area contributed by atoms with E-state index < -0.39 is 15.7 Å². The molecule has 152 valence electrons. The van der Waals surface area contributed by atoms with E-state index in [1.54, 1.807) is 30.3 Å². The number of aromatic amines is 1. The van der Waals surface area contributed by atoms with Gasteiger partial charge in [-0.3, -0.25) is 4.79 Å². The molecule has 1 fully saturated rings. The summed E-state index contributed by atoms with van der Waals surface area (Å²) >= 11 is 6.15. The average Bonchev–Trinajstić information content (AvgIpc) is 3.28. The third-order valence-electron chi connectivity index (χ3n) is 5.11. The smallest absolute Gasteiger partial charge is 0.269 e. The van der Waals surface area contributed by atoms with Crippen molar-refractivity contribution < 1.29 is 13.2 Å². The predicted octanol–water partition coefficient (Wildman–Crippen LogP) is 3.36. The fraction of sp³-hybridized carbons (Fsp3) is 0.286. The summed E-state index contributed by atoms with van der Waals surface area (Å²) in [5.74, 6) is -0.436. The van der Waals surface area contributed by atoms with Crippen LogP contribution >= 0.6 is 11.6 Å². The zero-order chi connectivity index (χ0) is 20.8. The molecule has 3 N–H and O–H groups in total. The van der Waals surface area contributed by atoms with E-state index in [1.165, 1.54) is 0 Å². The van der Waals surface area contributed by atoms with Gasteiger partial charge in [0.05, 0.1) is 4.90 Å². The third kappa shape index (κ3) is 3.77. The Morgan fingerprint density at radius 3 is 2.52 bits per heavy atom. The number of hydrogen-bond acceptors (Lipinski definition) is 4. The van der Waals surface area contributed by atoms with E-state index in [2.05, 4.69) is 15.6 Å². The highest BCUT2D eigenvalue weighted by Gasteiger charge is 2.31. The fourth-order valence-corrected chi connectivity index (χ4v) is 5.78. The summed E-state index contributed by atoms with van der Waals surface area (Å²) in [6.45, 7) is 5.18. The number of rotatable bonds is 4. The van der Waals surface area contributed by atoms with Gasteiger partial charge in [0.15, 0.2) is 0 Å². The minimum atomic E-state index is -3.96. The highest BCUT2D eigenvalue weighted by atomic mass is 35.5. The zero-order valence-corrected chi connectivity index (χ0v) is 17.7. The lowest BCUT2D eigenvalue weighted by molar-refractivity contribution is 0.0932. The Kier molecular flexibility index (Phi) is 5.14. The van der Waals surface area contributed by atoms with E-state index in [-0.39, 0.29) is 21.5 Å². The third-order valence-corrected chi connectivity index (χ3v) is 7.16. The van der Waals surface area contributed by atoms with Crippen LogP contribution in [0, 0.1) is 13.8 Å². The molecule has 0 saturated carbocycles. The number of carbonyl (C=O) groups is 1. The van der Waals surface area contributed by atoms with Crippen molar-refractivity contribution in [2.75, 3.05) is 13.1 Å². The van der Waals surface area contributed by atoms with E-state index >= 15 is 0 Å². The number of aryl methyl sites for hydroxylation is 2.